The molecule has 7 nitrogen and oxygen atoms in total. The number of hydrogen-bond donors (Lipinski definition) is 0. The Kier molecular flexibility index (Phi) is 5.92. The van der Waals surface area contributed by atoms with E-state index in [1.807, 2.05) is 32.2 Å². The van der Waals surface area contributed by atoms with E-state index in [1.54, 1.807) is 13.1 Å². The standard InChI is InChI=1S/C23H27N3O4S/c1-5-29-21(28)17-13-24-22(31-4)25-20(17)26-8-6-23(7-9-26)12-18(27)16-10-14(2)15(3)11-19(16)30-23/h10-11,13H,5-9,12H2,1-4H3. The summed E-state index contributed by atoms with van der Waals surface area (Å²) in [5.74, 6) is 0.986. The van der Waals surface area contributed by atoms with Crippen LogP contribution in [0.5, 0.6) is 5.75 Å². The summed E-state index contributed by atoms with van der Waals surface area (Å²) < 4.78 is 11.6. The number of carbonyl (C=O) groups excluding carboxylic acids is 2. The summed E-state index contributed by atoms with van der Waals surface area (Å²) in [5, 5.41) is 0.604. The van der Waals surface area contributed by atoms with Gasteiger partial charge in [0.05, 0.1) is 18.6 Å². The van der Waals surface area contributed by atoms with Crippen molar-refractivity contribution in [3.05, 3.63) is 40.6 Å². The first-order valence-electron chi connectivity index (χ1n) is 10.5. The van der Waals surface area contributed by atoms with E-state index in [9.17, 15) is 9.59 Å². The van der Waals surface area contributed by atoms with Crippen LogP contribution >= 0.6 is 11.8 Å². The van der Waals surface area contributed by atoms with E-state index in [2.05, 4.69) is 14.9 Å². The minimum atomic E-state index is -0.512. The van der Waals surface area contributed by atoms with Gasteiger partial charge in [-0.2, -0.15) is 0 Å². The number of fused-ring (bicyclic) bond motifs is 1. The monoisotopic (exact) mass is 441 g/mol. The lowest BCUT2D eigenvalue weighted by Gasteiger charge is -2.44. The number of thioether (sulfide) groups is 1. The number of rotatable bonds is 4. The molecule has 1 spiro atoms. The van der Waals surface area contributed by atoms with Gasteiger partial charge in [0.25, 0.3) is 0 Å². The Morgan fingerprint density at radius 2 is 1.97 bits per heavy atom. The number of carbonyl (C=O) groups is 2. The van der Waals surface area contributed by atoms with Gasteiger partial charge in [0.15, 0.2) is 10.9 Å². The Morgan fingerprint density at radius 3 is 2.65 bits per heavy atom. The molecule has 2 aromatic rings. The molecule has 2 aliphatic rings. The molecule has 0 unspecified atom stereocenters. The van der Waals surface area contributed by atoms with E-state index in [4.69, 9.17) is 9.47 Å². The number of aryl methyl sites for hydroxylation is 2. The molecule has 0 bridgehead atoms. The summed E-state index contributed by atoms with van der Waals surface area (Å²) in [6.45, 7) is 7.37. The van der Waals surface area contributed by atoms with Gasteiger partial charge in [-0.3, -0.25) is 4.79 Å². The second-order valence-corrected chi connectivity index (χ2v) is 8.89. The number of nitrogens with zero attached hydrogens (tertiary/aromatic N) is 3. The second-order valence-electron chi connectivity index (χ2n) is 8.12. The number of ether oxygens (including phenoxy) is 2. The van der Waals surface area contributed by atoms with Crippen LogP contribution in [0.15, 0.2) is 23.5 Å². The molecule has 1 aromatic heterocycles. The second kappa shape index (κ2) is 8.49. The zero-order chi connectivity index (χ0) is 22.2. The summed E-state index contributed by atoms with van der Waals surface area (Å²) >= 11 is 1.43. The van der Waals surface area contributed by atoms with Crippen molar-refractivity contribution in [2.24, 2.45) is 0 Å². The molecule has 31 heavy (non-hydrogen) atoms. The number of piperidine rings is 1. The number of ketones is 1. The first kappa shape index (κ1) is 21.6. The quantitative estimate of drug-likeness (QED) is 0.400. The fourth-order valence-electron chi connectivity index (χ4n) is 4.20. The van der Waals surface area contributed by atoms with Crippen LogP contribution in [0.1, 0.15) is 58.0 Å². The van der Waals surface area contributed by atoms with Crippen LogP contribution in [0.3, 0.4) is 0 Å². The largest absolute Gasteiger partial charge is 0.486 e. The van der Waals surface area contributed by atoms with Gasteiger partial charge in [-0.25, -0.2) is 14.8 Å². The SMILES string of the molecule is CCOC(=O)c1cnc(SC)nc1N1CCC2(CC1)CC(=O)c1cc(C)c(C)cc1O2. The predicted molar refractivity (Wildman–Crippen MR) is 119 cm³/mol. The number of benzene rings is 1. The van der Waals surface area contributed by atoms with E-state index < -0.39 is 11.6 Å². The molecule has 4 rings (SSSR count). The van der Waals surface area contributed by atoms with Crippen molar-refractivity contribution in [2.45, 2.75) is 50.8 Å². The van der Waals surface area contributed by atoms with Crippen LogP contribution in [-0.4, -0.2) is 53.3 Å². The molecule has 8 heteroatoms. The first-order chi connectivity index (χ1) is 14.9. The maximum Gasteiger partial charge on any atom is 0.343 e. The maximum atomic E-state index is 12.9. The Balaban J connectivity index is 1.57. The van der Waals surface area contributed by atoms with Gasteiger partial charge >= 0.3 is 5.97 Å². The molecule has 0 saturated carbocycles. The van der Waals surface area contributed by atoms with Gasteiger partial charge in [-0.15, -0.1) is 0 Å². The average molecular weight is 442 g/mol. The molecule has 1 fully saturated rings. The molecule has 3 heterocycles. The van der Waals surface area contributed by atoms with E-state index in [0.717, 1.165) is 11.1 Å². The van der Waals surface area contributed by atoms with Crippen LogP contribution < -0.4 is 9.64 Å². The Morgan fingerprint density at radius 1 is 1.26 bits per heavy atom. The van der Waals surface area contributed by atoms with Crippen molar-refractivity contribution in [3.63, 3.8) is 0 Å². The third kappa shape index (κ3) is 4.13. The molecule has 164 valence electrons. The van der Waals surface area contributed by atoms with Gasteiger partial charge in [0.1, 0.15) is 22.7 Å². The van der Waals surface area contributed by atoms with Crippen molar-refractivity contribution in [1.29, 1.82) is 0 Å². The zero-order valence-corrected chi connectivity index (χ0v) is 19.2. The molecule has 1 aromatic carbocycles. The minimum Gasteiger partial charge on any atom is -0.486 e. The van der Waals surface area contributed by atoms with Crippen molar-refractivity contribution >= 4 is 29.3 Å². The van der Waals surface area contributed by atoms with E-state index in [-0.39, 0.29) is 5.78 Å². The molecule has 0 amide bonds. The van der Waals surface area contributed by atoms with E-state index in [1.165, 1.54) is 11.8 Å². The van der Waals surface area contributed by atoms with Crippen molar-refractivity contribution in [2.75, 3.05) is 30.9 Å². The van der Waals surface area contributed by atoms with Gasteiger partial charge in [0, 0.05) is 32.1 Å². The molecule has 0 atom stereocenters. The highest BCUT2D eigenvalue weighted by Crippen LogP contribution is 2.41. The number of aromatic nitrogens is 2. The van der Waals surface area contributed by atoms with Gasteiger partial charge in [0.2, 0.25) is 0 Å². The topological polar surface area (TPSA) is 81.6 Å². The molecule has 1 saturated heterocycles. The third-order valence-corrected chi connectivity index (χ3v) is 6.67. The highest BCUT2D eigenvalue weighted by molar-refractivity contribution is 7.98. The Hall–Kier alpha value is -2.61. The van der Waals surface area contributed by atoms with Crippen molar-refractivity contribution in [3.8, 4) is 5.75 Å². The number of anilines is 1. The zero-order valence-electron chi connectivity index (χ0n) is 18.4. The fraction of sp³-hybridized carbons (Fsp3) is 0.478. The molecular weight excluding hydrogens is 414 g/mol. The lowest BCUT2D eigenvalue weighted by molar-refractivity contribution is 0.0230. The fourth-order valence-corrected chi connectivity index (χ4v) is 4.54. The van der Waals surface area contributed by atoms with Crippen LogP contribution in [0.2, 0.25) is 0 Å². The molecule has 0 radical (unpaired) electrons. The summed E-state index contributed by atoms with van der Waals surface area (Å²) in [5.41, 5.74) is 2.75. The summed E-state index contributed by atoms with van der Waals surface area (Å²) in [4.78, 5) is 36.2. The minimum absolute atomic E-state index is 0.136. The van der Waals surface area contributed by atoms with Gasteiger partial charge in [-0.1, -0.05) is 11.8 Å². The van der Waals surface area contributed by atoms with Crippen LogP contribution in [-0.2, 0) is 4.74 Å². The van der Waals surface area contributed by atoms with Crippen molar-refractivity contribution in [1.82, 2.24) is 9.97 Å². The average Bonchev–Trinajstić information content (AvgIpc) is 2.75. The number of hydrogen-bond acceptors (Lipinski definition) is 8. The van der Waals surface area contributed by atoms with E-state index >= 15 is 0 Å². The van der Waals surface area contributed by atoms with Crippen LogP contribution in [0.4, 0.5) is 5.82 Å². The lowest BCUT2D eigenvalue weighted by Crippen LogP contribution is -2.51. The summed E-state index contributed by atoms with van der Waals surface area (Å²) in [6, 6.07) is 3.91. The van der Waals surface area contributed by atoms with Crippen LogP contribution in [0, 0.1) is 13.8 Å². The molecule has 0 aliphatic carbocycles. The Bertz CT molecular complexity index is 1030. The van der Waals surface area contributed by atoms with Gasteiger partial charge < -0.3 is 14.4 Å². The predicted octanol–water partition coefficient (Wildman–Crippen LogP) is 4.00. The third-order valence-electron chi connectivity index (χ3n) is 6.10. The molecular formula is C23H27N3O4S. The highest BCUT2D eigenvalue weighted by atomic mass is 32.2. The van der Waals surface area contributed by atoms with E-state index in [0.29, 0.717) is 66.8 Å². The number of Topliss-reactive ketones (excluding diaryl/α,β-unsaturated/α-hetero) is 1. The smallest absolute Gasteiger partial charge is 0.343 e. The lowest BCUT2D eigenvalue weighted by atomic mass is 9.82. The number of esters is 1. The molecule has 2 aliphatic heterocycles. The first-order valence-corrected chi connectivity index (χ1v) is 11.7. The molecule has 0 N–H and O–H groups in total. The van der Waals surface area contributed by atoms with Crippen LogP contribution in [0.25, 0.3) is 0 Å². The normalized spacial score (nSPS) is 17.3. The summed E-state index contributed by atoms with van der Waals surface area (Å²) in [7, 11) is 0. The Labute approximate surface area is 186 Å². The van der Waals surface area contributed by atoms with Crippen molar-refractivity contribution < 1.29 is 19.1 Å². The van der Waals surface area contributed by atoms with Gasteiger partial charge in [-0.05, 0) is 50.3 Å². The highest BCUT2D eigenvalue weighted by Gasteiger charge is 2.43. The maximum absolute atomic E-state index is 12.9. The summed E-state index contributed by atoms with van der Waals surface area (Å²) in [6.07, 6.45) is 5.16.